The van der Waals surface area contributed by atoms with Gasteiger partial charge in [-0.25, -0.2) is 0 Å². The highest BCUT2D eigenvalue weighted by molar-refractivity contribution is 6.25. The molecule has 1 unspecified atom stereocenters. The molecule has 43 heavy (non-hydrogen) atoms. The van der Waals surface area contributed by atoms with E-state index < -0.39 is 0 Å². The summed E-state index contributed by atoms with van der Waals surface area (Å²) >= 11 is 0. The Bertz CT molecular complexity index is 2280. The van der Waals surface area contributed by atoms with Crippen LogP contribution in [0.1, 0.15) is 5.56 Å². The van der Waals surface area contributed by atoms with Gasteiger partial charge in [0.25, 0.3) is 0 Å². The lowest BCUT2D eigenvalue weighted by molar-refractivity contribution is 0.427. The van der Waals surface area contributed by atoms with Crippen LogP contribution in [0.3, 0.4) is 0 Å². The van der Waals surface area contributed by atoms with Crippen LogP contribution in [0.4, 0.5) is 0 Å². The highest BCUT2D eigenvalue weighted by atomic mass is 15.3. The first-order chi connectivity index (χ1) is 21.3. The molecule has 2 aliphatic rings. The van der Waals surface area contributed by atoms with E-state index >= 15 is 0 Å². The molecule has 0 spiro atoms. The fraction of sp³-hybridized carbons (Fsp3) is 0.0244. The Kier molecular flexibility index (Phi) is 5.30. The minimum atomic E-state index is 0.160. The van der Waals surface area contributed by atoms with Crippen LogP contribution >= 0.6 is 0 Å². The molecular formula is C41H28N2. The fourth-order valence-electron chi connectivity index (χ4n) is 7.15. The Labute approximate surface area is 250 Å². The Hall–Kier alpha value is -5.60. The minimum absolute atomic E-state index is 0.160. The van der Waals surface area contributed by atoms with Crippen molar-refractivity contribution in [2.24, 2.45) is 0 Å². The maximum Gasteiger partial charge on any atom is 0.122 e. The molecule has 2 heteroatoms. The number of fused-ring (bicyclic) bond motifs is 5. The number of hydrogen-bond acceptors (Lipinski definition) is 2. The van der Waals surface area contributed by atoms with Crippen LogP contribution in [0, 0.1) is 0 Å². The summed E-state index contributed by atoms with van der Waals surface area (Å²) in [5.74, 6) is 0. The van der Waals surface area contributed by atoms with Crippen molar-refractivity contribution in [3.63, 3.8) is 0 Å². The van der Waals surface area contributed by atoms with Gasteiger partial charge in [0.15, 0.2) is 0 Å². The van der Waals surface area contributed by atoms with Crippen molar-refractivity contribution < 1.29 is 0 Å². The molecule has 0 radical (unpaired) electrons. The lowest BCUT2D eigenvalue weighted by Gasteiger charge is -2.21. The maximum atomic E-state index is 3.71. The van der Waals surface area contributed by atoms with Gasteiger partial charge in [0, 0.05) is 18.0 Å². The Morgan fingerprint density at radius 3 is 1.60 bits per heavy atom. The van der Waals surface area contributed by atoms with Gasteiger partial charge in [0.2, 0.25) is 0 Å². The molecule has 1 N–H and O–H groups in total. The molecule has 7 aromatic rings. The summed E-state index contributed by atoms with van der Waals surface area (Å²) in [5, 5.41) is 13.8. The van der Waals surface area contributed by atoms with Crippen LogP contribution in [0.5, 0.6) is 0 Å². The first-order valence-electron chi connectivity index (χ1n) is 14.9. The van der Waals surface area contributed by atoms with Crippen molar-refractivity contribution in [3.05, 3.63) is 164 Å². The van der Waals surface area contributed by atoms with Gasteiger partial charge in [-0.2, -0.15) is 0 Å². The highest BCUT2D eigenvalue weighted by Crippen LogP contribution is 2.47. The molecule has 202 valence electrons. The van der Waals surface area contributed by atoms with Crippen molar-refractivity contribution in [1.82, 2.24) is 10.2 Å². The average molecular weight is 549 g/mol. The minimum Gasteiger partial charge on any atom is -0.360 e. The topological polar surface area (TPSA) is 15.3 Å². The van der Waals surface area contributed by atoms with Gasteiger partial charge in [-0.3, -0.25) is 0 Å². The first-order valence-corrected chi connectivity index (χ1v) is 14.9. The molecule has 0 amide bonds. The molecule has 9 rings (SSSR count). The zero-order valence-corrected chi connectivity index (χ0v) is 23.5. The second-order valence-corrected chi connectivity index (χ2v) is 11.4. The SMILES string of the molecule is C1=CC2NC(c3ccc(-c4c5ccccc5c(-c5cccc6ccccc56)c5ccccc45)c4ccccc34)=CN2C=C1. The smallest absolute Gasteiger partial charge is 0.122 e. The maximum absolute atomic E-state index is 3.71. The molecule has 2 aliphatic heterocycles. The normalized spacial score (nSPS) is 15.8. The molecule has 0 saturated heterocycles. The van der Waals surface area contributed by atoms with E-state index in [4.69, 9.17) is 0 Å². The van der Waals surface area contributed by atoms with Crippen molar-refractivity contribution in [3.8, 4) is 22.3 Å². The summed E-state index contributed by atoms with van der Waals surface area (Å²) < 4.78 is 0. The summed E-state index contributed by atoms with van der Waals surface area (Å²) in [6, 6.07) is 46.7. The number of nitrogens with one attached hydrogen (secondary N) is 1. The second kappa shape index (κ2) is 9.47. The molecule has 0 saturated carbocycles. The summed E-state index contributed by atoms with van der Waals surface area (Å²) in [4.78, 5) is 2.23. The summed E-state index contributed by atoms with van der Waals surface area (Å²) in [7, 11) is 0. The highest BCUT2D eigenvalue weighted by Gasteiger charge is 2.24. The number of allylic oxidation sites excluding steroid dienone is 2. The van der Waals surface area contributed by atoms with E-state index in [-0.39, 0.29) is 6.17 Å². The van der Waals surface area contributed by atoms with Crippen LogP contribution < -0.4 is 5.32 Å². The van der Waals surface area contributed by atoms with E-state index in [1.165, 1.54) is 70.9 Å². The van der Waals surface area contributed by atoms with E-state index in [9.17, 15) is 0 Å². The second-order valence-electron chi connectivity index (χ2n) is 11.4. The van der Waals surface area contributed by atoms with Gasteiger partial charge in [0.1, 0.15) is 6.17 Å². The lowest BCUT2D eigenvalue weighted by Crippen LogP contribution is -2.31. The standard InChI is InChI=1S/C41H28N2/c1-2-14-28-27(12-1)13-11-21-32(28)40-33-17-5-7-19-35(33)41(36-20-8-6-18-34(36)40)37-24-23-31(29-15-3-4-16-30(29)37)38-26-43-25-10-9-22-39(43)42-38/h1-26,39,42H. The summed E-state index contributed by atoms with van der Waals surface area (Å²) in [5.41, 5.74) is 7.48. The van der Waals surface area contributed by atoms with Gasteiger partial charge in [0.05, 0.1) is 5.70 Å². The van der Waals surface area contributed by atoms with Crippen LogP contribution in [0.15, 0.2) is 158 Å². The molecule has 2 heterocycles. The molecule has 0 aliphatic carbocycles. The van der Waals surface area contributed by atoms with Crippen molar-refractivity contribution in [2.45, 2.75) is 6.17 Å². The predicted octanol–water partition coefficient (Wildman–Crippen LogP) is 10.2. The van der Waals surface area contributed by atoms with Crippen LogP contribution in [0.2, 0.25) is 0 Å². The monoisotopic (exact) mass is 548 g/mol. The first kappa shape index (κ1) is 24.0. The van der Waals surface area contributed by atoms with Gasteiger partial charge in [-0.1, -0.05) is 133 Å². The van der Waals surface area contributed by atoms with Crippen LogP contribution in [-0.2, 0) is 0 Å². The molecular weight excluding hydrogens is 520 g/mol. The van der Waals surface area contributed by atoms with Crippen molar-refractivity contribution in [2.75, 3.05) is 0 Å². The van der Waals surface area contributed by atoms with Crippen molar-refractivity contribution in [1.29, 1.82) is 0 Å². The molecule has 1 atom stereocenters. The van der Waals surface area contributed by atoms with E-state index in [0.29, 0.717) is 0 Å². The summed E-state index contributed by atoms with van der Waals surface area (Å²) in [6.07, 6.45) is 10.9. The predicted molar refractivity (Wildman–Crippen MR) is 182 cm³/mol. The zero-order valence-electron chi connectivity index (χ0n) is 23.5. The largest absolute Gasteiger partial charge is 0.360 e. The fourth-order valence-corrected chi connectivity index (χ4v) is 7.15. The van der Waals surface area contributed by atoms with E-state index in [1.807, 2.05) is 0 Å². The number of rotatable bonds is 3. The summed E-state index contributed by atoms with van der Waals surface area (Å²) in [6.45, 7) is 0. The van der Waals surface area contributed by atoms with E-state index in [0.717, 1.165) is 5.70 Å². The third kappa shape index (κ3) is 3.67. The number of benzene rings is 7. The van der Waals surface area contributed by atoms with Gasteiger partial charge in [-0.15, -0.1) is 0 Å². The number of nitrogens with zero attached hydrogens (tertiary/aromatic N) is 1. The Morgan fingerprint density at radius 1 is 0.442 bits per heavy atom. The zero-order chi connectivity index (χ0) is 28.3. The molecule has 0 aromatic heterocycles. The molecule has 2 nitrogen and oxygen atoms in total. The quantitative estimate of drug-likeness (QED) is 0.221. The van der Waals surface area contributed by atoms with Crippen LogP contribution in [0.25, 0.3) is 71.0 Å². The molecule has 0 bridgehead atoms. The Morgan fingerprint density at radius 2 is 0.953 bits per heavy atom. The van der Waals surface area contributed by atoms with E-state index in [1.54, 1.807) is 0 Å². The van der Waals surface area contributed by atoms with Gasteiger partial charge < -0.3 is 10.2 Å². The number of hydrogen-bond donors (Lipinski definition) is 1. The molecule has 7 aromatic carbocycles. The lowest BCUT2D eigenvalue weighted by atomic mass is 9.83. The molecule has 0 fully saturated rings. The van der Waals surface area contributed by atoms with Gasteiger partial charge in [-0.05, 0) is 77.5 Å². The Balaban J connectivity index is 1.34. The van der Waals surface area contributed by atoms with Crippen molar-refractivity contribution >= 4 is 48.8 Å². The third-order valence-electron chi connectivity index (χ3n) is 9.04. The van der Waals surface area contributed by atoms with E-state index in [2.05, 4.69) is 168 Å². The average Bonchev–Trinajstić information content (AvgIpc) is 3.51. The van der Waals surface area contributed by atoms with Crippen LogP contribution in [-0.4, -0.2) is 11.1 Å². The van der Waals surface area contributed by atoms with Gasteiger partial charge >= 0.3 is 0 Å². The third-order valence-corrected chi connectivity index (χ3v) is 9.04.